The highest BCUT2D eigenvalue weighted by Crippen LogP contribution is 2.29. The van der Waals surface area contributed by atoms with Gasteiger partial charge in [0.05, 0.1) is 30.8 Å². The van der Waals surface area contributed by atoms with Crippen molar-refractivity contribution in [3.63, 3.8) is 0 Å². The van der Waals surface area contributed by atoms with Gasteiger partial charge in [-0.05, 0) is 44.2 Å². The zero-order chi connectivity index (χ0) is 24.7. The van der Waals surface area contributed by atoms with E-state index >= 15 is 0 Å². The smallest absolute Gasteiger partial charge is 0.308 e. The third-order valence-electron chi connectivity index (χ3n) is 6.67. The molecular formula is C24H27Cl2N5O4S. The molecule has 0 saturated heterocycles. The number of ether oxygens (including phenoxy) is 1. The fraction of sp³-hybridized carbons (Fsp3) is 0.417. The molecule has 2 aliphatic rings. The Morgan fingerprint density at radius 3 is 2.61 bits per heavy atom. The molecule has 3 N–H and O–H groups in total. The molecule has 3 atom stereocenters. The lowest BCUT2D eigenvalue weighted by molar-refractivity contribution is -0.145. The van der Waals surface area contributed by atoms with E-state index in [1.54, 1.807) is 18.2 Å². The molecule has 9 nitrogen and oxygen atoms in total. The average molecular weight is 552 g/mol. The molecular weight excluding hydrogens is 525 g/mol. The van der Waals surface area contributed by atoms with Crippen LogP contribution in [-0.2, 0) is 22.5 Å². The number of H-pyrrole nitrogens is 1. The van der Waals surface area contributed by atoms with Gasteiger partial charge in [0.2, 0.25) is 0 Å². The Labute approximate surface area is 223 Å². The Morgan fingerprint density at radius 1 is 1.17 bits per heavy atom. The molecule has 192 valence electrons. The molecule has 2 amide bonds. The number of amides is 2. The van der Waals surface area contributed by atoms with Gasteiger partial charge in [0.15, 0.2) is 5.01 Å². The third-order valence-corrected chi connectivity index (χ3v) is 7.99. The highest BCUT2D eigenvalue weighted by Gasteiger charge is 2.40. The first-order chi connectivity index (χ1) is 16.8. The number of benzene rings is 1. The van der Waals surface area contributed by atoms with Crippen LogP contribution in [0.3, 0.4) is 0 Å². The molecule has 1 aliphatic carbocycles. The fourth-order valence-electron chi connectivity index (χ4n) is 4.84. The van der Waals surface area contributed by atoms with E-state index in [1.165, 1.54) is 18.4 Å². The third kappa shape index (κ3) is 5.36. The number of carbonyl (C=O) groups is 3. The number of likely N-dealkylation sites (N-methyl/N-ethyl adjacent to an activating group) is 1. The van der Waals surface area contributed by atoms with Crippen molar-refractivity contribution in [3.8, 4) is 0 Å². The molecule has 12 heteroatoms. The number of halogens is 2. The van der Waals surface area contributed by atoms with Crippen molar-refractivity contribution in [1.82, 2.24) is 25.5 Å². The molecule has 3 unspecified atom stereocenters. The molecule has 1 aromatic carbocycles. The second-order valence-electron chi connectivity index (χ2n) is 9.14. The van der Waals surface area contributed by atoms with Crippen LogP contribution in [0.25, 0.3) is 10.9 Å². The average Bonchev–Trinajstić information content (AvgIpc) is 3.54. The first-order valence-corrected chi connectivity index (χ1v) is 12.6. The van der Waals surface area contributed by atoms with E-state index in [0.717, 1.165) is 41.0 Å². The summed E-state index contributed by atoms with van der Waals surface area (Å²) < 4.78 is 4.93. The van der Waals surface area contributed by atoms with E-state index in [9.17, 15) is 14.4 Å². The second kappa shape index (κ2) is 10.8. The van der Waals surface area contributed by atoms with E-state index in [2.05, 4.69) is 25.5 Å². The SMILES string of the molecule is COC(=O)C1CC(NC(=O)c2cc3cc(Cl)ccc3[nH]2)C(NC(=O)c2nc3c(s2)CN(C)CC3)C1.Cl. The van der Waals surface area contributed by atoms with Crippen LogP contribution in [-0.4, -0.2) is 65.4 Å². The number of fused-ring (bicyclic) bond motifs is 2. The molecule has 1 aliphatic heterocycles. The van der Waals surface area contributed by atoms with Gasteiger partial charge in [-0.3, -0.25) is 14.4 Å². The number of thiazole rings is 1. The summed E-state index contributed by atoms with van der Waals surface area (Å²) in [5.74, 6) is -1.38. The predicted molar refractivity (Wildman–Crippen MR) is 140 cm³/mol. The number of hydrogen-bond acceptors (Lipinski definition) is 7. The standard InChI is InChI=1S/C24H26ClN5O4S.ClH/c1-30-6-5-16-20(11-30)35-23(29-16)22(32)28-18-10-13(24(33)34-2)9-17(18)27-21(31)19-8-12-7-14(25)3-4-15(12)26-19;/h3-4,7-8,13,17-18,26H,5-6,9-11H2,1-2H3,(H,27,31)(H,28,32);1H. The Kier molecular flexibility index (Phi) is 7.89. The summed E-state index contributed by atoms with van der Waals surface area (Å²) in [4.78, 5) is 49.3. The second-order valence-corrected chi connectivity index (χ2v) is 10.7. The van der Waals surface area contributed by atoms with Crippen LogP contribution < -0.4 is 10.6 Å². The Bertz CT molecular complexity index is 1310. The minimum Gasteiger partial charge on any atom is -0.469 e. The van der Waals surface area contributed by atoms with Gasteiger partial charge in [-0.25, -0.2) is 4.98 Å². The van der Waals surface area contributed by atoms with Crippen molar-refractivity contribution in [2.45, 2.75) is 37.9 Å². The lowest BCUT2D eigenvalue weighted by Crippen LogP contribution is -2.48. The van der Waals surface area contributed by atoms with Crippen LogP contribution in [0.5, 0.6) is 0 Å². The van der Waals surface area contributed by atoms with Gasteiger partial charge in [-0.2, -0.15) is 0 Å². The van der Waals surface area contributed by atoms with E-state index in [0.29, 0.717) is 28.6 Å². The number of carbonyl (C=O) groups excluding carboxylic acids is 3. The van der Waals surface area contributed by atoms with Crippen LogP contribution in [0.2, 0.25) is 5.02 Å². The van der Waals surface area contributed by atoms with E-state index in [1.807, 2.05) is 13.1 Å². The summed E-state index contributed by atoms with van der Waals surface area (Å²) in [6.45, 7) is 1.69. The van der Waals surface area contributed by atoms with Gasteiger partial charge in [0, 0.05) is 40.3 Å². The topological polar surface area (TPSA) is 116 Å². The number of hydrogen-bond donors (Lipinski definition) is 3. The molecule has 1 saturated carbocycles. The van der Waals surface area contributed by atoms with Gasteiger partial charge in [-0.15, -0.1) is 23.7 Å². The van der Waals surface area contributed by atoms with Crippen molar-refractivity contribution < 1.29 is 19.1 Å². The van der Waals surface area contributed by atoms with Gasteiger partial charge in [-0.1, -0.05) is 11.6 Å². The lowest BCUT2D eigenvalue weighted by atomic mass is 10.1. The minimum absolute atomic E-state index is 0. The maximum atomic E-state index is 13.1. The van der Waals surface area contributed by atoms with E-state index < -0.39 is 18.0 Å². The van der Waals surface area contributed by atoms with E-state index in [4.69, 9.17) is 16.3 Å². The van der Waals surface area contributed by atoms with Gasteiger partial charge < -0.3 is 25.3 Å². The molecule has 2 aromatic heterocycles. The van der Waals surface area contributed by atoms with Gasteiger partial charge >= 0.3 is 5.97 Å². The molecule has 5 rings (SSSR count). The number of aromatic amines is 1. The molecule has 0 spiro atoms. The summed E-state index contributed by atoms with van der Waals surface area (Å²) in [6, 6.07) is 6.20. The molecule has 0 bridgehead atoms. The Hall–Kier alpha value is -2.66. The highest BCUT2D eigenvalue weighted by atomic mass is 35.5. The first-order valence-electron chi connectivity index (χ1n) is 11.5. The van der Waals surface area contributed by atoms with Gasteiger partial charge in [0.25, 0.3) is 11.8 Å². The zero-order valence-electron chi connectivity index (χ0n) is 19.8. The molecule has 3 heterocycles. The van der Waals surface area contributed by atoms with Crippen LogP contribution in [0.1, 0.15) is 43.7 Å². The predicted octanol–water partition coefficient (Wildman–Crippen LogP) is 3.17. The Morgan fingerprint density at radius 2 is 1.89 bits per heavy atom. The van der Waals surface area contributed by atoms with Crippen LogP contribution in [0.15, 0.2) is 24.3 Å². The van der Waals surface area contributed by atoms with Crippen molar-refractivity contribution in [3.05, 3.63) is 50.6 Å². The van der Waals surface area contributed by atoms with Crippen molar-refractivity contribution in [2.24, 2.45) is 5.92 Å². The van der Waals surface area contributed by atoms with Crippen molar-refractivity contribution >= 4 is 64.0 Å². The largest absolute Gasteiger partial charge is 0.469 e. The maximum Gasteiger partial charge on any atom is 0.308 e. The van der Waals surface area contributed by atoms with Crippen LogP contribution in [0, 0.1) is 5.92 Å². The molecule has 36 heavy (non-hydrogen) atoms. The summed E-state index contributed by atoms with van der Waals surface area (Å²) in [5, 5.41) is 7.82. The summed E-state index contributed by atoms with van der Waals surface area (Å²) in [7, 11) is 3.39. The van der Waals surface area contributed by atoms with E-state index in [-0.39, 0.29) is 30.2 Å². The highest BCUT2D eigenvalue weighted by molar-refractivity contribution is 7.13. The quantitative estimate of drug-likeness (QED) is 0.419. The Balaban J connectivity index is 0.00000304. The molecule has 1 fully saturated rings. The number of nitrogens with one attached hydrogen (secondary N) is 3. The lowest BCUT2D eigenvalue weighted by Gasteiger charge is -2.21. The maximum absolute atomic E-state index is 13.1. The number of rotatable bonds is 5. The minimum atomic E-state index is -0.439. The summed E-state index contributed by atoms with van der Waals surface area (Å²) in [5.41, 5.74) is 2.15. The van der Waals surface area contributed by atoms with Crippen LogP contribution in [0.4, 0.5) is 0 Å². The van der Waals surface area contributed by atoms with Crippen LogP contribution >= 0.6 is 35.3 Å². The number of methoxy groups -OCH3 is 1. The number of esters is 1. The number of aromatic nitrogens is 2. The fourth-order valence-corrected chi connectivity index (χ4v) is 6.11. The molecule has 0 radical (unpaired) electrons. The summed E-state index contributed by atoms with van der Waals surface area (Å²) in [6.07, 6.45) is 1.56. The zero-order valence-corrected chi connectivity index (χ0v) is 22.2. The number of nitrogens with zero attached hydrogens (tertiary/aromatic N) is 2. The summed E-state index contributed by atoms with van der Waals surface area (Å²) >= 11 is 7.46. The molecule has 3 aromatic rings. The van der Waals surface area contributed by atoms with Crippen molar-refractivity contribution in [2.75, 3.05) is 20.7 Å². The first kappa shape index (κ1) is 26.4. The normalized spacial score (nSPS) is 21.5. The van der Waals surface area contributed by atoms with Crippen molar-refractivity contribution in [1.29, 1.82) is 0 Å². The van der Waals surface area contributed by atoms with Gasteiger partial charge in [0.1, 0.15) is 5.69 Å². The monoisotopic (exact) mass is 551 g/mol.